The lowest BCUT2D eigenvalue weighted by atomic mass is 9.97. The van der Waals surface area contributed by atoms with Crippen LogP contribution in [0.25, 0.3) is 0 Å². The van der Waals surface area contributed by atoms with Gasteiger partial charge in [0.15, 0.2) is 0 Å². The summed E-state index contributed by atoms with van der Waals surface area (Å²) in [7, 11) is -3.14. The Bertz CT molecular complexity index is 560. The Balaban J connectivity index is 1.86. The average molecular weight is 314 g/mol. The van der Waals surface area contributed by atoms with Crippen LogP contribution in [0.5, 0.6) is 0 Å². The fourth-order valence-corrected chi connectivity index (χ4v) is 3.65. The molecule has 1 aliphatic rings. The maximum Gasteiger partial charge on any atom is 0.223 e. The van der Waals surface area contributed by atoms with Gasteiger partial charge in [0.2, 0.25) is 15.9 Å². The van der Waals surface area contributed by atoms with Crippen molar-refractivity contribution in [3.05, 3.63) is 24.2 Å². The third kappa shape index (κ3) is 3.85. The summed E-state index contributed by atoms with van der Waals surface area (Å²) in [5, 5.41) is 2.92. The molecule has 0 aromatic carbocycles. The van der Waals surface area contributed by atoms with Crippen molar-refractivity contribution in [1.29, 1.82) is 0 Å². The van der Waals surface area contributed by atoms with Crippen LogP contribution in [0.4, 0.5) is 0 Å². The van der Waals surface area contributed by atoms with E-state index in [2.05, 4.69) is 5.32 Å². The lowest BCUT2D eigenvalue weighted by Gasteiger charge is -2.30. The van der Waals surface area contributed by atoms with Gasteiger partial charge < -0.3 is 9.73 Å². The minimum absolute atomic E-state index is 0.0348. The van der Waals surface area contributed by atoms with Crippen molar-refractivity contribution in [3.8, 4) is 0 Å². The van der Waals surface area contributed by atoms with E-state index in [1.807, 2.05) is 13.0 Å². The Morgan fingerprint density at radius 2 is 2.14 bits per heavy atom. The SMILES string of the molecule is CCS(=O)(=O)N1CCC(C(=O)NC(C)c2ccco2)CC1. The molecule has 0 aliphatic carbocycles. The second kappa shape index (κ2) is 6.62. The molecule has 0 radical (unpaired) electrons. The molecule has 0 saturated carbocycles. The standard InChI is InChI=1S/C14H22N2O4S/c1-3-21(18,19)16-8-6-12(7-9-16)14(17)15-11(2)13-5-4-10-20-13/h4-5,10-12H,3,6-9H2,1-2H3,(H,15,17). The van der Waals surface area contributed by atoms with Crippen LogP contribution in [0.2, 0.25) is 0 Å². The van der Waals surface area contributed by atoms with E-state index in [0.29, 0.717) is 31.7 Å². The number of carbonyl (C=O) groups is 1. The molecule has 0 bridgehead atoms. The zero-order valence-electron chi connectivity index (χ0n) is 12.4. The molecule has 6 nitrogen and oxygen atoms in total. The van der Waals surface area contributed by atoms with Crippen LogP contribution in [0.1, 0.15) is 38.5 Å². The van der Waals surface area contributed by atoms with Crippen molar-refractivity contribution in [1.82, 2.24) is 9.62 Å². The quantitative estimate of drug-likeness (QED) is 0.893. The molecule has 1 aromatic heterocycles. The number of rotatable bonds is 5. The molecular weight excluding hydrogens is 292 g/mol. The first-order valence-electron chi connectivity index (χ1n) is 7.25. The smallest absolute Gasteiger partial charge is 0.223 e. The Kier molecular flexibility index (Phi) is 5.05. The minimum atomic E-state index is -3.14. The van der Waals surface area contributed by atoms with Gasteiger partial charge in [-0.05, 0) is 38.8 Å². The second-order valence-corrected chi connectivity index (χ2v) is 7.58. The van der Waals surface area contributed by atoms with Crippen LogP contribution in [0, 0.1) is 5.92 Å². The Labute approximate surface area is 125 Å². The number of hydrogen-bond donors (Lipinski definition) is 1. The van der Waals surface area contributed by atoms with Gasteiger partial charge in [-0.25, -0.2) is 12.7 Å². The van der Waals surface area contributed by atoms with Crippen molar-refractivity contribution in [2.45, 2.75) is 32.7 Å². The summed E-state index contributed by atoms with van der Waals surface area (Å²) >= 11 is 0. The molecule has 1 aromatic rings. The third-order valence-electron chi connectivity index (χ3n) is 3.91. The molecule has 1 saturated heterocycles. The highest BCUT2D eigenvalue weighted by atomic mass is 32.2. The fraction of sp³-hybridized carbons (Fsp3) is 0.643. The molecule has 2 rings (SSSR count). The average Bonchev–Trinajstić information content (AvgIpc) is 3.01. The first kappa shape index (κ1) is 16.0. The Morgan fingerprint density at radius 3 is 2.67 bits per heavy atom. The zero-order valence-corrected chi connectivity index (χ0v) is 13.2. The summed E-state index contributed by atoms with van der Waals surface area (Å²) in [6.07, 6.45) is 2.71. The number of amides is 1. The maximum atomic E-state index is 12.2. The molecule has 1 amide bonds. The van der Waals surface area contributed by atoms with E-state index < -0.39 is 10.0 Å². The molecule has 0 spiro atoms. The highest BCUT2D eigenvalue weighted by Crippen LogP contribution is 2.21. The number of furan rings is 1. The summed E-state index contributed by atoms with van der Waals surface area (Å²) < 4.78 is 30.3. The predicted octanol–water partition coefficient (Wildman–Crippen LogP) is 1.52. The molecule has 1 unspecified atom stereocenters. The summed E-state index contributed by atoms with van der Waals surface area (Å²) in [6.45, 7) is 4.35. The van der Waals surface area contributed by atoms with E-state index in [0.717, 1.165) is 0 Å². The number of nitrogens with zero attached hydrogens (tertiary/aromatic N) is 1. The van der Waals surface area contributed by atoms with Gasteiger partial charge >= 0.3 is 0 Å². The van der Waals surface area contributed by atoms with Gasteiger partial charge in [-0.15, -0.1) is 0 Å². The van der Waals surface area contributed by atoms with E-state index >= 15 is 0 Å². The Hall–Kier alpha value is -1.34. The van der Waals surface area contributed by atoms with Crippen molar-refractivity contribution >= 4 is 15.9 Å². The summed E-state index contributed by atoms with van der Waals surface area (Å²) in [4.78, 5) is 12.2. The van der Waals surface area contributed by atoms with Crippen LogP contribution in [-0.4, -0.2) is 37.5 Å². The molecule has 118 valence electrons. The van der Waals surface area contributed by atoms with Gasteiger partial charge in [-0.1, -0.05) is 0 Å². The van der Waals surface area contributed by atoms with E-state index in [1.165, 1.54) is 4.31 Å². The first-order chi connectivity index (χ1) is 9.94. The second-order valence-electron chi connectivity index (χ2n) is 5.32. The normalized spacial score (nSPS) is 19.3. The predicted molar refractivity (Wildman–Crippen MR) is 79.0 cm³/mol. The number of hydrogen-bond acceptors (Lipinski definition) is 4. The summed E-state index contributed by atoms with van der Waals surface area (Å²) in [5.41, 5.74) is 0. The summed E-state index contributed by atoms with van der Waals surface area (Å²) in [6, 6.07) is 3.43. The van der Waals surface area contributed by atoms with Crippen molar-refractivity contribution in [2.24, 2.45) is 5.92 Å². The van der Waals surface area contributed by atoms with Crippen LogP contribution in [0.3, 0.4) is 0 Å². The minimum Gasteiger partial charge on any atom is -0.467 e. The summed E-state index contributed by atoms with van der Waals surface area (Å²) in [5.74, 6) is 0.659. The topological polar surface area (TPSA) is 79.6 Å². The molecule has 2 heterocycles. The third-order valence-corrected chi connectivity index (χ3v) is 5.79. The Morgan fingerprint density at radius 1 is 1.48 bits per heavy atom. The van der Waals surface area contributed by atoms with Crippen LogP contribution >= 0.6 is 0 Å². The lowest BCUT2D eigenvalue weighted by Crippen LogP contribution is -2.43. The fourth-order valence-electron chi connectivity index (χ4n) is 2.52. The lowest BCUT2D eigenvalue weighted by molar-refractivity contribution is -0.126. The van der Waals surface area contributed by atoms with Gasteiger partial charge in [0.05, 0.1) is 18.1 Å². The monoisotopic (exact) mass is 314 g/mol. The van der Waals surface area contributed by atoms with Gasteiger partial charge in [0, 0.05) is 19.0 Å². The van der Waals surface area contributed by atoms with E-state index in [9.17, 15) is 13.2 Å². The van der Waals surface area contributed by atoms with Gasteiger partial charge in [-0.2, -0.15) is 0 Å². The van der Waals surface area contributed by atoms with Gasteiger partial charge in [0.25, 0.3) is 0 Å². The zero-order chi connectivity index (χ0) is 15.5. The molecule has 1 atom stereocenters. The number of sulfonamides is 1. The first-order valence-corrected chi connectivity index (χ1v) is 8.86. The number of carbonyl (C=O) groups excluding carboxylic acids is 1. The van der Waals surface area contributed by atoms with Crippen LogP contribution < -0.4 is 5.32 Å². The molecule has 7 heteroatoms. The van der Waals surface area contributed by atoms with Crippen LogP contribution in [-0.2, 0) is 14.8 Å². The van der Waals surface area contributed by atoms with Crippen molar-refractivity contribution in [3.63, 3.8) is 0 Å². The molecule has 1 fully saturated rings. The van der Waals surface area contributed by atoms with Gasteiger partial charge in [0.1, 0.15) is 5.76 Å². The maximum absolute atomic E-state index is 12.2. The van der Waals surface area contributed by atoms with Crippen LogP contribution in [0.15, 0.2) is 22.8 Å². The van der Waals surface area contributed by atoms with Crippen molar-refractivity contribution in [2.75, 3.05) is 18.8 Å². The van der Waals surface area contributed by atoms with Gasteiger partial charge in [-0.3, -0.25) is 4.79 Å². The molecule has 1 N–H and O–H groups in total. The largest absolute Gasteiger partial charge is 0.467 e. The molecular formula is C14H22N2O4S. The van der Waals surface area contributed by atoms with E-state index in [4.69, 9.17) is 4.42 Å². The highest BCUT2D eigenvalue weighted by Gasteiger charge is 2.30. The van der Waals surface area contributed by atoms with Crippen molar-refractivity contribution < 1.29 is 17.6 Å². The molecule has 21 heavy (non-hydrogen) atoms. The number of piperidine rings is 1. The number of nitrogens with one attached hydrogen (secondary N) is 1. The van der Waals surface area contributed by atoms with E-state index in [1.54, 1.807) is 19.3 Å². The molecule has 1 aliphatic heterocycles. The highest BCUT2D eigenvalue weighted by molar-refractivity contribution is 7.89. The van der Waals surface area contributed by atoms with E-state index in [-0.39, 0.29) is 23.6 Å².